The zero-order chi connectivity index (χ0) is 10.3. The van der Waals surface area contributed by atoms with Crippen molar-refractivity contribution in [1.29, 1.82) is 0 Å². The summed E-state index contributed by atoms with van der Waals surface area (Å²) in [5.74, 6) is 0.364. The summed E-state index contributed by atoms with van der Waals surface area (Å²) in [5.41, 5.74) is 2.56. The number of hydrogen-bond acceptors (Lipinski definition) is 2. The summed E-state index contributed by atoms with van der Waals surface area (Å²) in [6.45, 7) is 1.03. The van der Waals surface area contributed by atoms with Gasteiger partial charge < -0.3 is 10.4 Å². The van der Waals surface area contributed by atoms with Gasteiger partial charge in [0.2, 0.25) is 0 Å². The molecule has 0 radical (unpaired) electrons. The minimum Gasteiger partial charge on any atom is -0.507 e. The van der Waals surface area contributed by atoms with Crippen LogP contribution in [-0.4, -0.2) is 11.7 Å². The second-order valence-corrected chi connectivity index (χ2v) is 4.00. The van der Waals surface area contributed by atoms with Crippen LogP contribution in [0.1, 0.15) is 12.0 Å². The molecule has 2 N–H and O–H groups in total. The zero-order valence-electron chi connectivity index (χ0n) is 8.46. The quantitative estimate of drug-likeness (QED) is 0.683. The van der Waals surface area contributed by atoms with Gasteiger partial charge in [0.15, 0.2) is 0 Å². The first-order chi connectivity index (χ1) is 7.36. The fraction of sp³-hybridized carbons (Fsp3) is 0.231. The molecule has 0 aliphatic carbocycles. The van der Waals surface area contributed by atoms with E-state index in [2.05, 4.69) is 17.4 Å². The summed E-state index contributed by atoms with van der Waals surface area (Å²) < 4.78 is 0. The Morgan fingerprint density at radius 1 is 1.07 bits per heavy atom. The van der Waals surface area contributed by atoms with Crippen LogP contribution in [0.15, 0.2) is 30.3 Å². The fourth-order valence-corrected chi connectivity index (χ4v) is 2.30. The normalized spacial score (nSPS) is 14.7. The van der Waals surface area contributed by atoms with E-state index in [9.17, 15) is 5.11 Å². The number of hydrogen-bond donors (Lipinski definition) is 2. The SMILES string of the molecule is Oc1cccc2c3c(ccc12)CCCN3. The van der Waals surface area contributed by atoms with Gasteiger partial charge in [-0.1, -0.05) is 24.3 Å². The number of rotatable bonds is 0. The van der Waals surface area contributed by atoms with Crippen molar-refractivity contribution in [3.05, 3.63) is 35.9 Å². The van der Waals surface area contributed by atoms with Crippen LogP contribution in [0, 0.1) is 0 Å². The van der Waals surface area contributed by atoms with Crippen molar-refractivity contribution in [2.75, 3.05) is 11.9 Å². The van der Waals surface area contributed by atoms with Crippen LogP contribution in [0.2, 0.25) is 0 Å². The van der Waals surface area contributed by atoms with Gasteiger partial charge in [-0.3, -0.25) is 0 Å². The molecule has 0 saturated carbocycles. The molecule has 0 aromatic heterocycles. The van der Waals surface area contributed by atoms with E-state index in [0.29, 0.717) is 5.75 Å². The van der Waals surface area contributed by atoms with Crippen molar-refractivity contribution in [2.24, 2.45) is 0 Å². The van der Waals surface area contributed by atoms with E-state index >= 15 is 0 Å². The molecule has 15 heavy (non-hydrogen) atoms. The second-order valence-electron chi connectivity index (χ2n) is 4.00. The number of benzene rings is 2. The van der Waals surface area contributed by atoms with Crippen molar-refractivity contribution < 1.29 is 5.11 Å². The smallest absolute Gasteiger partial charge is 0.123 e. The molecule has 3 rings (SSSR count). The molecule has 1 aliphatic rings. The summed E-state index contributed by atoms with van der Waals surface area (Å²) in [7, 11) is 0. The average Bonchev–Trinajstić information content (AvgIpc) is 2.29. The van der Waals surface area contributed by atoms with Crippen LogP contribution in [0.4, 0.5) is 5.69 Å². The first-order valence-electron chi connectivity index (χ1n) is 5.34. The molecule has 2 heteroatoms. The Hall–Kier alpha value is -1.70. The highest BCUT2D eigenvalue weighted by atomic mass is 16.3. The molecule has 0 unspecified atom stereocenters. The number of aryl methyl sites for hydroxylation is 1. The molecule has 2 aromatic carbocycles. The van der Waals surface area contributed by atoms with Gasteiger partial charge in [0.25, 0.3) is 0 Å². The third kappa shape index (κ3) is 1.25. The van der Waals surface area contributed by atoms with Crippen molar-refractivity contribution in [3.63, 3.8) is 0 Å². The molecular weight excluding hydrogens is 186 g/mol. The first kappa shape index (κ1) is 8.60. The number of fused-ring (bicyclic) bond motifs is 3. The van der Waals surface area contributed by atoms with E-state index < -0.39 is 0 Å². The topological polar surface area (TPSA) is 32.3 Å². The number of phenols is 1. The lowest BCUT2D eigenvalue weighted by Crippen LogP contribution is -2.11. The van der Waals surface area contributed by atoms with Crippen LogP contribution in [0.5, 0.6) is 5.75 Å². The molecule has 1 aliphatic heterocycles. The van der Waals surface area contributed by atoms with Gasteiger partial charge in [0.05, 0.1) is 0 Å². The predicted octanol–water partition coefficient (Wildman–Crippen LogP) is 2.90. The highest BCUT2D eigenvalue weighted by Crippen LogP contribution is 2.34. The maximum absolute atomic E-state index is 9.75. The standard InChI is InChI=1S/C13H13NO/c15-12-5-1-4-11-10(12)7-6-9-3-2-8-14-13(9)11/h1,4-7,14-15H,2-3,8H2. The molecule has 2 nitrogen and oxygen atoms in total. The minimum atomic E-state index is 0.364. The Bertz CT molecular complexity index is 519. The van der Waals surface area contributed by atoms with E-state index in [1.165, 1.54) is 17.7 Å². The summed E-state index contributed by atoms with van der Waals surface area (Å²) in [4.78, 5) is 0. The van der Waals surface area contributed by atoms with Crippen molar-refractivity contribution >= 4 is 16.5 Å². The van der Waals surface area contributed by atoms with Gasteiger partial charge in [0.1, 0.15) is 5.75 Å². The Labute approximate surface area is 88.5 Å². The van der Waals surface area contributed by atoms with Crippen molar-refractivity contribution in [2.45, 2.75) is 12.8 Å². The summed E-state index contributed by atoms with van der Waals surface area (Å²) in [5, 5.41) is 15.2. The molecule has 0 atom stereocenters. The molecule has 0 bridgehead atoms. The van der Waals surface area contributed by atoms with Crippen LogP contribution >= 0.6 is 0 Å². The van der Waals surface area contributed by atoms with Crippen molar-refractivity contribution in [1.82, 2.24) is 0 Å². The average molecular weight is 199 g/mol. The summed E-state index contributed by atoms with van der Waals surface area (Å²) in [6, 6.07) is 9.82. The monoisotopic (exact) mass is 199 g/mol. The van der Waals surface area contributed by atoms with Crippen LogP contribution < -0.4 is 5.32 Å². The Morgan fingerprint density at radius 2 is 2.00 bits per heavy atom. The van der Waals surface area contributed by atoms with Gasteiger partial charge in [-0.05, 0) is 24.5 Å². The van der Waals surface area contributed by atoms with E-state index in [1.54, 1.807) is 6.07 Å². The highest BCUT2D eigenvalue weighted by molar-refractivity contribution is 5.99. The molecule has 2 aromatic rings. The Morgan fingerprint density at radius 3 is 2.93 bits per heavy atom. The van der Waals surface area contributed by atoms with E-state index in [1.807, 2.05) is 12.1 Å². The lowest BCUT2D eigenvalue weighted by atomic mass is 9.97. The lowest BCUT2D eigenvalue weighted by Gasteiger charge is -2.20. The zero-order valence-corrected chi connectivity index (χ0v) is 8.46. The number of phenolic OH excluding ortho intramolecular Hbond substituents is 1. The van der Waals surface area contributed by atoms with Crippen LogP contribution in [0.3, 0.4) is 0 Å². The Kier molecular flexibility index (Phi) is 1.81. The third-order valence-corrected chi connectivity index (χ3v) is 3.05. The maximum Gasteiger partial charge on any atom is 0.123 e. The molecule has 0 amide bonds. The lowest BCUT2D eigenvalue weighted by molar-refractivity contribution is 0.481. The molecule has 0 saturated heterocycles. The van der Waals surface area contributed by atoms with Gasteiger partial charge in [-0.25, -0.2) is 0 Å². The first-order valence-corrected chi connectivity index (χ1v) is 5.34. The van der Waals surface area contributed by atoms with E-state index in [0.717, 1.165) is 23.7 Å². The highest BCUT2D eigenvalue weighted by Gasteiger charge is 2.12. The summed E-state index contributed by atoms with van der Waals surface area (Å²) in [6.07, 6.45) is 2.32. The molecular formula is C13H13NO. The summed E-state index contributed by atoms with van der Waals surface area (Å²) >= 11 is 0. The molecule has 76 valence electrons. The maximum atomic E-state index is 9.75. The third-order valence-electron chi connectivity index (χ3n) is 3.05. The number of aromatic hydroxyl groups is 1. The molecule has 0 spiro atoms. The van der Waals surface area contributed by atoms with Gasteiger partial charge in [0, 0.05) is 23.0 Å². The molecule has 1 heterocycles. The van der Waals surface area contributed by atoms with Gasteiger partial charge in [-0.15, -0.1) is 0 Å². The number of anilines is 1. The van der Waals surface area contributed by atoms with E-state index in [-0.39, 0.29) is 0 Å². The van der Waals surface area contributed by atoms with Gasteiger partial charge in [-0.2, -0.15) is 0 Å². The van der Waals surface area contributed by atoms with Crippen molar-refractivity contribution in [3.8, 4) is 5.75 Å². The largest absolute Gasteiger partial charge is 0.507 e. The Balaban J connectivity index is 2.36. The minimum absolute atomic E-state index is 0.364. The van der Waals surface area contributed by atoms with E-state index in [4.69, 9.17) is 0 Å². The van der Waals surface area contributed by atoms with Crippen LogP contribution in [0.25, 0.3) is 10.8 Å². The van der Waals surface area contributed by atoms with Crippen LogP contribution in [-0.2, 0) is 6.42 Å². The predicted molar refractivity (Wildman–Crippen MR) is 62.4 cm³/mol. The number of nitrogens with one attached hydrogen (secondary N) is 1. The van der Waals surface area contributed by atoms with Gasteiger partial charge >= 0.3 is 0 Å². The molecule has 0 fully saturated rings. The second kappa shape index (κ2) is 3.16. The fourth-order valence-electron chi connectivity index (χ4n) is 2.30.